The van der Waals surface area contributed by atoms with Gasteiger partial charge < -0.3 is 9.84 Å². The van der Waals surface area contributed by atoms with Gasteiger partial charge in [0.25, 0.3) is 0 Å². The van der Waals surface area contributed by atoms with Crippen molar-refractivity contribution < 1.29 is 9.84 Å². The minimum Gasteiger partial charge on any atom is -0.387 e. The van der Waals surface area contributed by atoms with Crippen LogP contribution in [0.15, 0.2) is 24.4 Å². The SMILES string of the molecule is CCC(O)c1cn(-c2ccc3c(c2)COC3)nn1. The number of aliphatic hydroxyl groups excluding tert-OH is 1. The zero-order valence-corrected chi connectivity index (χ0v) is 10.2. The van der Waals surface area contributed by atoms with Crippen LogP contribution in [-0.4, -0.2) is 20.1 Å². The Morgan fingerprint density at radius 2 is 2.22 bits per heavy atom. The van der Waals surface area contributed by atoms with E-state index in [0.29, 0.717) is 25.3 Å². The molecular formula is C13H15N3O2. The van der Waals surface area contributed by atoms with Crippen LogP contribution in [0, 0.1) is 0 Å². The van der Waals surface area contributed by atoms with E-state index in [9.17, 15) is 5.11 Å². The summed E-state index contributed by atoms with van der Waals surface area (Å²) in [7, 11) is 0. The van der Waals surface area contributed by atoms with Crippen molar-refractivity contribution in [3.8, 4) is 5.69 Å². The molecule has 5 nitrogen and oxygen atoms in total. The number of benzene rings is 1. The molecule has 1 atom stereocenters. The molecule has 3 rings (SSSR count). The van der Waals surface area contributed by atoms with Crippen LogP contribution in [-0.2, 0) is 18.0 Å². The van der Waals surface area contributed by atoms with Gasteiger partial charge in [0.2, 0.25) is 0 Å². The normalized spacial score (nSPS) is 15.7. The average molecular weight is 245 g/mol. The Bertz CT molecular complexity index is 565. The fourth-order valence-corrected chi connectivity index (χ4v) is 2.07. The summed E-state index contributed by atoms with van der Waals surface area (Å²) in [5, 5.41) is 17.7. The Balaban J connectivity index is 1.92. The molecule has 0 radical (unpaired) electrons. The van der Waals surface area contributed by atoms with Crippen molar-refractivity contribution in [1.82, 2.24) is 15.0 Å². The van der Waals surface area contributed by atoms with E-state index in [0.717, 1.165) is 5.69 Å². The zero-order valence-electron chi connectivity index (χ0n) is 10.2. The first-order valence-electron chi connectivity index (χ1n) is 6.08. The van der Waals surface area contributed by atoms with Crippen LogP contribution in [0.2, 0.25) is 0 Å². The lowest BCUT2D eigenvalue weighted by Gasteiger charge is -2.03. The fraction of sp³-hybridized carbons (Fsp3) is 0.385. The Kier molecular flexibility index (Phi) is 2.85. The van der Waals surface area contributed by atoms with Crippen molar-refractivity contribution >= 4 is 0 Å². The highest BCUT2D eigenvalue weighted by atomic mass is 16.5. The van der Waals surface area contributed by atoms with Crippen LogP contribution >= 0.6 is 0 Å². The molecule has 0 aliphatic carbocycles. The summed E-state index contributed by atoms with van der Waals surface area (Å²) in [5.74, 6) is 0. The number of hydrogen-bond acceptors (Lipinski definition) is 4. The Labute approximate surface area is 105 Å². The van der Waals surface area contributed by atoms with E-state index < -0.39 is 6.10 Å². The van der Waals surface area contributed by atoms with Crippen LogP contribution < -0.4 is 0 Å². The molecule has 2 aromatic rings. The summed E-state index contributed by atoms with van der Waals surface area (Å²) in [6, 6.07) is 6.10. The minimum atomic E-state index is -0.545. The summed E-state index contributed by atoms with van der Waals surface area (Å²) in [4.78, 5) is 0. The van der Waals surface area contributed by atoms with Gasteiger partial charge in [-0.25, -0.2) is 4.68 Å². The molecule has 0 spiro atoms. The van der Waals surface area contributed by atoms with Crippen molar-refractivity contribution in [2.45, 2.75) is 32.7 Å². The van der Waals surface area contributed by atoms with Gasteiger partial charge in [-0.2, -0.15) is 0 Å². The van der Waals surface area contributed by atoms with E-state index in [4.69, 9.17) is 4.74 Å². The second-order valence-corrected chi connectivity index (χ2v) is 4.46. The Morgan fingerprint density at radius 3 is 3.06 bits per heavy atom. The molecule has 1 aromatic heterocycles. The fourth-order valence-electron chi connectivity index (χ4n) is 2.07. The smallest absolute Gasteiger partial charge is 0.112 e. The molecule has 0 bridgehead atoms. The van der Waals surface area contributed by atoms with E-state index in [1.54, 1.807) is 10.9 Å². The molecular weight excluding hydrogens is 230 g/mol. The monoisotopic (exact) mass is 245 g/mol. The van der Waals surface area contributed by atoms with Crippen LogP contribution in [0.4, 0.5) is 0 Å². The van der Waals surface area contributed by atoms with Crippen LogP contribution in [0.3, 0.4) is 0 Å². The van der Waals surface area contributed by atoms with E-state index >= 15 is 0 Å². The van der Waals surface area contributed by atoms with Gasteiger partial charge in [-0.3, -0.25) is 0 Å². The maximum atomic E-state index is 9.71. The Morgan fingerprint density at radius 1 is 1.39 bits per heavy atom. The van der Waals surface area contributed by atoms with Crippen LogP contribution in [0.25, 0.3) is 5.69 Å². The van der Waals surface area contributed by atoms with Gasteiger partial charge in [0.15, 0.2) is 0 Å². The Hall–Kier alpha value is -1.72. The highest BCUT2D eigenvalue weighted by Crippen LogP contribution is 2.23. The van der Waals surface area contributed by atoms with Gasteiger partial charge in [-0.15, -0.1) is 5.10 Å². The number of aromatic nitrogens is 3. The third kappa shape index (κ3) is 1.91. The highest BCUT2D eigenvalue weighted by molar-refractivity contribution is 5.41. The number of hydrogen-bond donors (Lipinski definition) is 1. The topological polar surface area (TPSA) is 60.2 Å². The molecule has 1 aromatic carbocycles. The van der Waals surface area contributed by atoms with E-state index in [-0.39, 0.29) is 0 Å². The number of fused-ring (bicyclic) bond motifs is 1. The quantitative estimate of drug-likeness (QED) is 0.894. The summed E-state index contributed by atoms with van der Waals surface area (Å²) >= 11 is 0. The number of nitrogens with zero attached hydrogens (tertiary/aromatic N) is 3. The predicted molar refractivity (Wildman–Crippen MR) is 65.1 cm³/mol. The maximum absolute atomic E-state index is 9.71. The third-order valence-corrected chi connectivity index (χ3v) is 3.21. The largest absolute Gasteiger partial charge is 0.387 e. The van der Waals surface area contributed by atoms with Gasteiger partial charge in [-0.05, 0) is 29.7 Å². The van der Waals surface area contributed by atoms with Gasteiger partial charge in [0, 0.05) is 0 Å². The van der Waals surface area contributed by atoms with Gasteiger partial charge >= 0.3 is 0 Å². The highest BCUT2D eigenvalue weighted by Gasteiger charge is 2.14. The molecule has 0 saturated heterocycles. The number of ether oxygens (including phenoxy) is 1. The van der Waals surface area contributed by atoms with Crippen molar-refractivity contribution in [2.75, 3.05) is 0 Å². The van der Waals surface area contributed by atoms with Crippen molar-refractivity contribution in [3.63, 3.8) is 0 Å². The molecule has 94 valence electrons. The molecule has 0 saturated carbocycles. The molecule has 18 heavy (non-hydrogen) atoms. The van der Waals surface area contributed by atoms with E-state index in [2.05, 4.69) is 22.4 Å². The summed E-state index contributed by atoms with van der Waals surface area (Å²) < 4.78 is 7.07. The summed E-state index contributed by atoms with van der Waals surface area (Å²) in [5.41, 5.74) is 3.98. The molecule has 1 aliphatic rings. The van der Waals surface area contributed by atoms with Crippen molar-refractivity contribution in [1.29, 1.82) is 0 Å². The molecule has 0 fully saturated rings. The molecule has 2 heterocycles. The third-order valence-electron chi connectivity index (χ3n) is 3.21. The van der Waals surface area contributed by atoms with Crippen molar-refractivity contribution in [2.24, 2.45) is 0 Å². The predicted octanol–water partition coefficient (Wildman–Crippen LogP) is 1.74. The van der Waals surface area contributed by atoms with E-state index in [1.807, 2.05) is 13.0 Å². The number of aliphatic hydroxyl groups is 1. The first-order chi connectivity index (χ1) is 8.78. The molecule has 0 amide bonds. The summed E-state index contributed by atoms with van der Waals surface area (Å²) in [6.45, 7) is 3.26. The van der Waals surface area contributed by atoms with E-state index in [1.165, 1.54) is 11.1 Å². The molecule has 1 unspecified atom stereocenters. The molecule has 1 N–H and O–H groups in total. The lowest BCUT2D eigenvalue weighted by Crippen LogP contribution is -1.96. The molecule has 5 heteroatoms. The second-order valence-electron chi connectivity index (χ2n) is 4.46. The van der Waals surface area contributed by atoms with Crippen molar-refractivity contribution in [3.05, 3.63) is 41.2 Å². The van der Waals surface area contributed by atoms with Gasteiger partial charge in [0.05, 0.1) is 31.2 Å². The lowest BCUT2D eigenvalue weighted by atomic mass is 10.1. The second kappa shape index (κ2) is 4.51. The van der Waals surface area contributed by atoms with Crippen LogP contribution in [0.5, 0.6) is 0 Å². The first kappa shape index (κ1) is 11.4. The lowest BCUT2D eigenvalue weighted by molar-refractivity contribution is 0.134. The molecule has 1 aliphatic heterocycles. The van der Waals surface area contributed by atoms with Crippen LogP contribution in [0.1, 0.15) is 36.3 Å². The standard InChI is InChI=1S/C13H15N3O2/c1-2-13(17)12-6-16(15-14-12)11-4-3-9-7-18-8-10(9)5-11/h3-6,13,17H,2,7-8H2,1H3. The van der Waals surface area contributed by atoms with Gasteiger partial charge in [0.1, 0.15) is 5.69 Å². The maximum Gasteiger partial charge on any atom is 0.112 e. The summed E-state index contributed by atoms with van der Waals surface area (Å²) in [6.07, 6.45) is 1.86. The van der Waals surface area contributed by atoms with Gasteiger partial charge in [-0.1, -0.05) is 18.2 Å². The average Bonchev–Trinajstić information content (AvgIpc) is 3.05. The first-order valence-corrected chi connectivity index (χ1v) is 6.08. The number of rotatable bonds is 3. The minimum absolute atomic E-state index is 0.545. The zero-order chi connectivity index (χ0) is 12.5.